The van der Waals surface area contributed by atoms with E-state index in [0.717, 1.165) is 19.4 Å². The predicted octanol–water partition coefficient (Wildman–Crippen LogP) is 7.39. The highest BCUT2D eigenvalue weighted by atomic mass is 16.5. The molecule has 5 heteroatoms. The van der Waals surface area contributed by atoms with Crippen molar-refractivity contribution in [1.29, 1.82) is 0 Å². The van der Waals surface area contributed by atoms with Crippen LogP contribution >= 0.6 is 0 Å². The van der Waals surface area contributed by atoms with Crippen LogP contribution in [-0.2, 0) is 19.1 Å². The molecule has 3 atom stereocenters. The molecule has 0 spiro atoms. The zero-order valence-corrected chi connectivity index (χ0v) is 26.2. The summed E-state index contributed by atoms with van der Waals surface area (Å²) in [4.78, 5) is 27.4. The van der Waals surface area contributed by atoms with Crippen LogP contribution in [0.2, 0.25) is 0 Å². The molecule has 0 aromatic rings. The Morgan fingerprint density at radius 1 is 0.917 bits per heavy atom. The fraction of sp³-hybridized carbons (Fsp3) is 0.871. The summed E-state index contributed by atoms with van der Waals surface area (Å²) in [6, 6.07) is 0. The van der Waals surface area contributed by atoms with Crippen LogP contribution in [0.3, 0.4) is 0 Å². The Morgan fingerprint density at radius 2 is 1.47 bits per heavy atom. The maximum atomic E-state index is 12.8. The number of carbonyl (C=O) groups is 2. The van der Waals surface area contributed by atoms with Crippen molar-refractivity contribution in [3.05, 3.63) is 12.2 Å². The summed E-state index contributed by atoms with van der Waals surface area (Å²) in [7, 11) is 4.04. The third kappa shape index (κ3) is 11.4. The lowest BCUT2D eigenvalue weighted by atomic mass is 9.65. The van der Waals surface area contributed by atoms with E-state index in [-0.39, 0.29) is 53.2 Å². The molecule has 0 N–H and O–H groups in total. The number of nitrogens with zero attached hydrogens (tertiary/aromatic N) is 1. The topological polar surface area (TPSA) is 55.8 Å². The molecular formula is C31H59NO4. The van der Waals surface area contributed by atoms with Gasteiger partial charge in [0.2, 0.25) is 0 Å². The molecule has 0 rings (SSSR count). The average molecular weight is 510 g/mol. The molecule has 212 valence electrons. The summed E-state index contributed by atoms with van der Waals surface area (Å²) in [6.07, 6.45) is 6.15. The van der Waals surface area contributed by atoms with E-state index in [2.05, 4.69) is 66.4 Å². The predicted molar refractivity (Wildman–Crippen MR) is 152 cm³/mol. The molecule has 0 saturated heterocycles. The van der Waals surface area contributed by atoms with Crippen molar-refractivity contribution in [3.8, 4) is 0 Å². The third-order valence-electron chi connectivity index (χ3n) is 8.22. The summed E-state index contributed by atoms with van der Waals surface area (Å²) in [6.45, 7) is 26.8. The zero-order chi connectivity index (χ0) is 28.5. The highest BCUT2D eigenvalue weighted by Gasteiger charge is 2.42. The van der Waals surface area contributed by atoms with E-state index in [1.54, 1.807) is 0 Å². The normalized spacial score (nSPS) is 16.0. The van der Waals surface area contributed by atoms with Gasteiger partial charge in [-0.1, -0.05) is 81.4 Å². The Labute approximate surface area is 223 Å². The van der Waals surface area contributed by atoms with Gasteiger partial charge >= 0.3 is 11.9 Å². The van der Waals surface area contributed by atoms with Crippen molar-refractivity contribution in [2.24, 2.45) is 39.9 Å². The van der Waals surface area contributed by atoms with Crippen molar-refractivity contribution >= 4 is 11.9 Å². The Morgan fingerprint density at radius 3 is 1.94 bits per heavy atom. The van der Waals surface area contributed by atoms with E-state index < -0.39 is 5.41 Å². The van der Waals surface area contributed by atoms with Gasteiger partial charge in [0.25, 0.3) is 0 Å². The summed E-state index contributed by atoms with van der Waals surface area (Å²) >= 11 is 0. The van der Waals surface area contributed by atoms with Gasteiger partial charge in [0.1, 0.15) is 12.7 Å². The molecule has 3 unspecified atom stereocenters. The average Bonchev–Trinajstić information content (AvgIpc) is 2.72. The third-order valence-corrected chi connectivity index (χ3v) is 8.22. The monoisotopic (exact) mass is 509 g/mol. The minimum atomic E-state index is -0.503. The van der Waals surface area contributed by atoms with E-state index in [0.29, 0.717) is 12.3 Å². The van der Waals surface area contributed by atoms with Crippen LogP contribution in [0, 0.1) is 39.9 Å². The minimum Gasteiger partial charge on any atom is -0.461 e. The van der Waals surface area contributed by atoms with Crippen molar-refractivity contribution in [1.82, 2.24) is 4.90 Å². The Hall–Kier alpha value is -1.36. The molecule has 0 radical (unpaired) electrons. The number of carbonyl (C=O) groups excluding carboxylic acids is 2. The lowest BCUT2D eigenvalue weighted by Crippen LogP contribution is -2.44. The Bertz CT molecular complexity index is 703. The molecule has 0 saturated carbocycles. The van der Waals surface area contributed by atoms with Gasteiger partial charge in [-0.05, 0) is 76.4 Å². The van der Waals surface area contributed by atoms with Crippen LogP contribution in [0.4, 0.5) is 0 Å². The molecular weight excluding hydrogens is 450 g/mol. The van der Waals surface area contributed by atoms with Crippen LogP contribution in [0.5, 0.6) is 0 Å². The summed E-state index contributed by atoms with van der Waals surface area (Å²) in [5, 5.41) is 0. The second kappa shape index (κ2) is 14.5. The lowest BCUT2D eigenvalue weighted by Gasteiger charge is -2.44. The smallest absolute Gasteiger partial charge is 0.312 e. The lowest BCUT2D eigenvalue weighted by molar-refractivity contribution is -0.163. The molecule has 0 aliphatic heterocycles. The number of rotatable bonds is 16. The molecule has 0 aliphatic rings. The highest BCUT2D eigenvalue weighted by Crippen LogP contribution is 2.43. The SMILES string of the molecule is CC(C)CC(C)(C)C(OC(=O)CCCN(C)C)C(C)C(C)C(C)(C)/C=C/COC(=O)C(C)(C)C(C)C. The van der Waals surface area contributed by atoms with Gasteiger partial charge in [0, 0.05) is 11.8 Å². The van der Waals surface area contributed by atoms with Gasteiger partial charge < -0.3 is 14.4 Å². The van der Waals surface area contributed by atoms with Crippen LogP contribution in [0.25, 0.3) is 0 Å². The first-order chi connectivity index (χ1) is 16.3. The first-order valence-corrected chi connectivity index (χ1v) is 13.9. The van der Waals surface area contributed by atoms with E-state index >= 15 is 0 Å². The van der Waals surface area contributed by atoms with Gasteiger partial charge in [-0.25, -0.2) is 0 Å². The first kappa shape index (κ1) is 34.6. The van der Waals surface area contributed by atoms with Crippen LogP contribution in [0.1, 0.15) is 102 Å². The van der Waals surface area contributed by atoms with Crippen LogP contribution in [-0.4, -0.2) is 50.2 Å². The number of esters is 2. The number of hydrogen-bond donors (Lipinski definition) is 0. The molecule has 0 aromatic heterocycles. The number of allylic oxidation sites excluding steroid dienone is 1. The first-order valence-electron chi connectivity index (χ1n) is 13.9. The Balaban J connectivity index is 5.51. The summed E-state index contributed by atoms with van der Waals surface area (Å²) < 4.78 is 11.8. The fourth-order valence-electron chi connectivity index (χ4n) is 4.88. The van der Waals surface area contributed by atoms with Gasteiger partial charge in [0.05, 0.1) is 5.41 Å². The van der Waals surface area contributed by atoms with Crippen molar-refractivity contribution in [2.75, 3.05) is 27.2 Å². The van der Waals surface area contributed by atoms with Gasteiger partial charge in [-0.2, -0.15) is 0 Å². The molecule has 0 amide bonds. The molecule has 0 aliphatic carbocycles. The standard InChI is InChI=1S/C31H59NO4/c1-22(2)21-30(9,10)27(36-26(33)17-15-19-32(13)14)24(5)25(6)29(7,8)18-16-20-35-28(34)31(11,12)23(3)4/h16,18,22-25,27H,15,17,19-21H2,1-14H3/b18-16+. The summed E-state index contributed by atoms with van der Waals surface area (Å²) in [5.74, 6) is 0.836. The van der Waals surface area contributed by atoms with Crippen molar-refractivity contribution < 1.29 is 19.1 Å². The molecule has 0 bridgehead atoms. The number of ether oxygens (including phenoxy) is 2. The maximum absolute atomic E-state index is 12.8. The second-order valence-corrected chi connectivity index (χ2v) is 13.8. The fourth-order valence-corrected chi connectivity index (χ4v) is 4.88. The largest absolute Gasteiger partial charge is 0.461 e. The molecule has 0 aromatic carbocycles. The van der Waals surface area contributed by atoms with Gasteiger partial charge in [-0.15, -0.1) is 0 Å². The molecule has 5 nitrogen and oxygen atoms in total. The molecule has 36 heavy (non-hydrogen) atoms. The van der Waals surface area contributed by atoms with Crippen LogP contribution in [0.15, 0.2) is 12.2 Å². The zero-order valence-electron chi connectivity index (χ0n) is 26.2. The van der Waals surface area contributed by atoms with E-state index in [4.69, 9.17) is 9.47 Å². The second-order valence-electron chi connectivity index (χ2n) is 13.8. The van der Waals surface area contributed by atoms with E-state index in [1.165, 1.54) is 0 Å². The van der Waals surface area contributed by atoms with Gasteiger partial charge in [0.15, 0.2) is 0 Å². The summed E-state index contributed by atoms with van der Waals surface area (Å²) in [5.41, 5.74) is -0.809. The molecule has 0 heterocycles. The minimum absolute atomic E-state index is 0.106. The van der Waals surface area contributed by atoms with Crippen LogP contribution < -0.4 is 0 Å². The van der Waals surface area contributed by atoms with E-state index in [1.807, 2.05) is 47.9 Å². The number of hydrogen-bond acceptors (Lipinski definition) is 5. The Kier molecular flexibility index (Phi) is 14.0. The van der Waals surface area contributed by atoms with Crippen molar-refractivity contribution in [3.63, 3.8) is 0 Å². The van der Waals surface area contributed by atoms with Crippen molar-refractivity contribution in [2.45, 2.75) is 108 Å². The maximum Gasteiger partial charge on any atom is 0.312 e. The molecule has 0 fully saturated rings. The van der Waals surface area contributed by atoms with Gasteiger partial charge in [-0.3, -0.25) is 9.59 Å². The highest BCUT2D eigenvalue weighted by molar-refractivity contribution is 5.76. The quantitative estimate of drug-likeness (QED) is 0.160. The van der Waals surface area contributed by atoms with E-state index in [9.17, 15) is 9.59 Å².